The lowest BCUT2D eigenvalue weighted by Crippen LogP contribution is -2.22. The second kappa shape index (κ2) is 10.5. The van der Waals surface area contributed by atoms with Gasteiger partial charge in [0.1, 0.15) is 18.2 Å². The van der Waals surface area contributed by atoms with Crippen LogP contribution >= 0.6 is 0 Å². The van der Waals surface area contributed by atoms with Crippen molar-refractivity contribution in [3.05, 3.63) is 90.4 Å². The number of rotatable bonds is 9. The van der Waals surface area contributed by atoms with E-state index in [-0.39, 0.29) is 4.90 Å². The topological polar surface area (TPSA) is 109 Å². The van der Waals surface area contributed by atoms with E-state index in [9.17, 15) is 8.42 Å². The molecule has 10 heteroatoms. The first kappa shape index (κ1) is 24.1. The van der Waals surface area contributed by atoms with Gasteiger partial charge in [0, 0.05) is 55.2 Å². The number of aromatic nitrogens is 3. The molecule has 9 nitrogen and oxygen atoms in total. The van der Waals surface area contributed by atoms with Crippen LogP contribution in [0, 0.1) is 6.92 Å². The SMILES string of the molecule is Cc1cnc(Nc2cccc(S(=O)(=O)N(C)C)c2)nc1Nc1ccc(OCc2cccnc2)cc1. The van der Waals surface area contributed by atoms with Crippen molar-refractivity contribution in [2.45, 2.75) is 18.4 Å². The number of pyridine rings is 1. The minimum absolute atomic E-state index is 0.184. The molecule has 0 aliphatic heterocycles. The number of aryl methyl sites for hydroxylation is 1. The number of nitrogens with zero attached hydrogens (tertiary/aromatic N) is 4. The van der Waals surface area contributed by atoms with E-state index < -0.39 is 10.0 Å². The van der Waals surface area contributed by atoms with E-state index in [0.717, 1.165) is 22.6 Å². The number of hydrogen-bond acceptors (Lipinski definition) is 8. The molecule has 0 bridgehead atoms. The third-order valence-electron chi connectivity index (χ3n) is 5.09. The summed E-state index contributed by atoms with van der Waals surface area (Å²) in [5.41, 5.74) is 3.26. The maximum absolute atomic E-state index is 12.4. The third-order valence-corrected chi connectivity index (χ3v) is 6.90. The standard InChI is InChI=1S/C25H26N6O3S/c1-18-15-27-25(29-21-7-4-8-23(14-21)35(32,33)31(2)3)30-24(18)28-20-9-11-22(12-10-20)34-17-19-6-5-13-26-16-19/h4-16H,17H2,1-3H3,(H2,27,28,29,30). The van der Waals surface area contributed by atoms with Gasteiger partial charge >= 0.3 is 0 Å². The van der Waals surface area contributed by atoms with E-state index in [1.54, 1.807) is 42.9 Å². The van der Waals surface area contributed by atoms with Crippen LogP contribution in [-0.2, 0) is 16.6 Å². The predicted molar refractivity (Wildman–Crippen MR) is 136 cm³/mol. The lowest BCUT2D eigenvalue weighted by atomic mass is 10.2. The van der Waals surface area contributed by atoms with Crippen molar-refractivity contribution in [3.8, 4) is 5.75 Å². The van der Waals surface area contributed by atoms with Crippen LogP contribution in [0.25, 0.3) is 0 Å². The monoisotopic (exact) mass is 490 g/mol. The second-order valence-electron chi connectivity index (χ2n) is 7.96. The van der Waals surface area contributed by atoms with Crippen molar-refractivity contribution in [2.24, 2.45) is 0 Å². The molecule has 0 aliphatic carbocycles. The quantitative estimate of drug-likeness (QED) is 0.353. The van der Waals surface area contributed by atoms with Gasteiger partial charge in [0.2, 0.25) is 16.0 Å². The molecule has 0 spiro atoms. The van der Waals surface area contributed by atoms with E-state index in [2.05, 4.69) is 25.6 Å². The summed E-state index contributed by atoms with van der Waals surface area (Å²) in [4.78, 5) is 13.1. The Kier molecular flexibility index (Phi) is 7.23. The Morgan fingerprint density at radius 3 is 2.46 bits per heavy atom. The van der Waals surface area contributed by atoms with Crippen LogP contribution in [-0.4, -0.2) is 41.8 Å². The second-order valence-corrected chi connectivity index (χ2v) is 10.1. The normalized spacial score (nSPS) is 11.3. The van der Waals surface area contributed by atoms with Gasteiger partial charge < -0.3 is 15.4 Å². The van der Waals surface area contributed by atoms with Gasteiger partial charge in [0.05, 0.1) is 4.90 Å². The molecule has 0 fully saturated rings. The minimum Gasteiger partial charge on any atom is -0.489 e. The van der Waals surface area contributed by atoms with E-state index in [1.807, 2.05) is 43.3 Å². The summed E-state index contributed by atoms with van der Waals surface area (Å²) in [6.45, 7) is 2.35. The molecule has 4 aromatic rings. The highest BCUT2D eigenvalue weighted by molar-refractivity contribution is 7.89. The molecule has 0 radical (unpaired) electrons. The van der Waals surface area contributed by atoms with Crippen LogP contribution < -0.4 is 15.4 Å². The summed E-state index contributed by atoms with van der Waals surface area (Å²) in [7, 11) is -0.552. The molecule has 2 heterocycles. The minimum atomic E-state index is -3.54. The average molecular weight is 491 g/mol. The number of sulfonamides is 1. The summed E-state index contributed by atoms with van der Waals surface area (Å²) in [5, 5.41) is 6.37. The number of nitrogens with one attached hydrogen (secondary N) is 2. The van der Waals surface area contributed by atoms with Gasteiger partial charge in [-0.25, -0.2) is 17.7 Å². The molecule has 2 aromatic carbocycles. The van der Waals surface area contributed by atoms with Crippen LogP contribution in [0.3, 0.4) is 0 Å². The first-order chi connectivity index (χ1) is 16.8. The summed E-state index contributed by atoms with van der Waals surface area (Å²) < 4.78 is 31.8. The zero-order valence-electron chi connectivity index (χ0n) is 19.6. The third kappa shape index (κ3) is 6.11. The fraction of sp³-hybridized carbons (Fsp3) is 0.160. The summed E-state index contributed by atoms with van der Waals surface area (Å²) >= 11 is 0. The molecule has 4 rings (SSSR count). The molecule has 0 saturated heterocycles. The van der Waals surface area contributed by atoms with Crippen molar-refractivity contribution in [1.82, 2.24) is 19.3 Å². The average Bonchev–Trinajstić information content (AvgIpc) is 2.86. The first-order valence-electron chi connectivity index (χ1n) is 10.8. The number of anilines is 4. The summed E-state index contributed by atoms with van der Waals surface area (Å²) in [6, 6.07) is 17.9. The van der Waals surface area contributed by atoms with Gasteiger partial charge in [0.25, 0.3) is 0 Å². The lowest BCUT2D eigenvalue weighted by Gasteiger charge is -2.14. The van der Waals surface area contributed by atoms with Crippen molar-refractivity contribution in [3.63, 3.8) is 0 Å². The molecule has 180 valence electrons. The van der Waals surface area contributed by atoms with E-state index >= 15 is 0 Å². The Balaban J connectivity index is 1.44. The molecular formula is C25H26N6O3S. The van der Waals surface area contributed by atoms with E-state index in [1.165, 1.54) is 18.4 Å². The number of ether oxygens (including phenoxy) is 1. The molecule has 2 aromatic heterocycles. The molecule has 0 amide bonds. The van der Waals surface area contributed by atoms with Crippen molar-refractivity contribution >= 4 is 33.2 Å². The highest BCUT2D eigenvalue weighted by Crippen LogP contribution is 2.24. The maximum atomic E-state index is 12.4. The molecule has 2 N–H and O–H groups in total. The van der Waals surface area contributed by atoms with Crippen LogP contribution in [0.2, 0.25) is 0 Å². The van der Waals surface area contributed by atoms with Crippen LogP contribution in [0.4, 0.5) is 23.1 Å². The van der Waals surface area contributed by atoms with Crippen molar-refractivity contribution < 1.29 is 13.2 Å². The fourth-order valence-corrected chi connectivity index (χ4v) is 4.07. The van der Waals surface area contributed by atoms with Crippen molar-refractivity contribution in [2.75, 3.05) is 24.7 Å². The molecule has 0 saturated carbocycles. The highest BCUT2D eigenvalue weighted by Gasteiger charge is 2.17. The van der Waals surface area contributed by atoms with Gasteiger partial charge in [-0.3, -0.25) is 4.98 Å². The Hall–Kier alpha value is -4.02. The molecule has 35 heavy (non-hydrogen) atoms. The van der Waals surface area contributed by atoms with E-state index in [0.29, 0.717) is 24.1 Å². The highest BCUT2D eigenvalue weighted by atomic mass is 32.2. The van der Waals surface area contributed by atoms with Gasteiger partial charge in [0.15, 0.2) is 0 Å². The van der Waals surface area contributed by atoms with Gasteiger partial charge in [-0.05, 0) is 55.5 Å². The van der Waals surface area contributed by atoms with Gasteiger partial charge in [-0.2, -0.15) is 4.98 Å². The number of benzene rings is 2. The van der Waals surface area contributed by atoms with Crippen LogP contribution in [0.5, 0.6) is 5.75 Å². The molecule has 0 unspecified atom stereocenters. The molecule has 0 aliphatic rings. The first-order valence-corrected chi connectivity index (χ1v) is 12.3. The Labute approximate surface area is 204 Å². The van der Waals surface area contributed by atoms with E-state index in [4.69, 9.17) is 4.74 Å². The smallest absolute Gasteiger partial charge is 0.242 e. The molecule has 0 atom stereocenters. The maximum Gasteiger partial charge on any atom is 0.242 e. The fourth-order valence-electron chi connectivity index (χ4n) is 3.12. The van der Waals surface area contributed by atoms with Crippen LogP contribution in [0.1, 0.15) is 11.1 Å². The van der Waals surface area contributed by atoms with Gasteiger partial charge in [-0.1, -0.05) is 12.1 Å². The van der Waals surface area contributed by atoms with Crippen molar-refractivity contribution in [1.29, 1.82) is 0 Å². The Bertz CT molecular complexity index is 1390. The van der Waals surface area contributed by atoms with Crippen LogP contribution in [0.15, 0.2) is 84.1 Å². The Morgan fingerprint density at radius 1 is 0.943 bits per heavy atom. The largest absolute Gasteiger partial charge is 0.489 e. The predicted octanol–water partition coefficient (Wildman–Crippen LogP) is 4.50. The summed E-state index contributed by atoms with van der Waals surface area (Å²) in [6.07, 6.45) is 5.20. The zero-order valence-corrected chi connectivity index (χ0v) is 20.5. The summed E-state index contributed by atoms with van der Waals surface area (Å²) in [5.74, 6) is 1.71. The molecular weight excluding hydrogens is 464 g/mol. The lowest BCUT2D eigenvalue weighted by molar-refractivity contribution is 0.306. The van der Waals surface area contributed by atoms with Gasteiger partial charge in [-0.15, -0.1) is 0 Å². The number of hydrogen-bond donors (Lipinski definition) is 2. The Morgan fingerprint density at radius 2 is 1.74 bits per heavy atom. The zero-order chi connectivity index (χ0) is 24.8.